The number of benzene rings is 1. The number of aliphatic imine (C=N–C) groups is 1. The van der Waals surface area contributed by atoms with Crippen LogP contribution in [0.15, 0.2) is 57.8 Å². The number of nitrogens with zero attached hydrogens (tertiary/aromatic N) is 1. The van der Waals surface area contributed by atoms with E-state index >= 15 is 0 Å². The van der Waals surface area contributed by atoms with Crippen molar-refractivity contribution in [3.63, 3.8) is 0 Å². The number of furan rings is 1. The molecule has 5 nitrogen and oxygen atoms in total. The van der Waals surface area contributed by atoms with Crippen LogP contribution in [-0.2, 0) is 9.53 Å². The third-order valence-corrected chi connectivity index (χ3v) is 2.77. The van der Waals surface area contributed by atoms with E-state index in [4.69, 9.17) is 9.15 Å². The summed E-state index contributed by atoms with van der Waals surface area (Å²) in [5.41, 5.74) is 0.565. The lowest BCUT2D eigenvalue weighted by atomic mass is 10.2. The predicted octanol–water partition coefficient (Wildman–Crippen LogP) is 3.23. The van der Waals surface area contributed by atoms with Gasteiger partial charge in [0, 0.05) is 11.6 Å². The molecule has 1 aromatic carbocycles. The van der Waals surface area contributed by atoms with Crippen molar-refractivity contribution in [3.8, 4) is 5.75 Å². The lowest BCUT2D eigenvalue weighted by Gasteiger charge is -2.04. The third-order valence-electron chi connectivity index (χ3n) is 2.77. The Hall–Kier alpha value is -2.96. The molecule has 0 fully saturated rings. The normalized spacial score (nSPS) is 16.0. The van der Waals surface area contributed by atoms with Gasteiger partial charge in [-0.2, -0.15) is 8.78 Å². The van der Waals surface area contributed by atoms with E-state index in [0.29, 0.717) is 11.3 Å². The van der Waals surface area contributed by atoms with Gasteiger partial charge in [0.1, 0.15) is 11.5 Å². The minimum atomic E-state index is -2.89. The molecule has 0 amide bonds. The van der Waals surface area contributed by atoms with Crippen molar-refractivity contribution in [3.05, 3.63) is 59.7 Å². The summed E-state index contributed by atoms with van der Waals surface area (Å²) in [7, 11) is 0. The number of rotatable bonds is 4. The summed E-state index contributed by atoms with van der Waals surface area (Å²) in [6, 6.07) is 8.97. The number of halogens is 2. The van der Waals surface area contributed by atoms with Gasteiger partial charge in [-0.15, -0.1) is 0 Å². The van der Waals surface area contributed by atoms with Gasteiger partial charge in [-0.05, 0) is 36.4 Å². The summed E-state index contributed by atoms with van der Waals surface area (Å²) in [6.07, 6.45) is 2.92. The maximum Gasteiger partial charge on any atom is 0.387 e. The SMILES string of the molecule is O=C1OC(c2ccc(OC(F)F)cc2)=N/C1=C\c1ccco1. The van der Waals surface area contributed by atoms with Gasteiger partial charge in [0.25, 0.3) is 0 Å². The summed E-state index contributed by atoms with van der Waals surface area (Å²) >= 11 is 0. The second-order valence-electron chi connectivity index (χ2n) is 4.25. The lowest BCUT2D eigenvalue weighted by molar-refractivity contribution is -0.129. The van der Waals surface area contributed by atoms with E-state index in [-0.39, 0.29) is 17.3 Å². The van der Waals surface area contributed by atoms with Crippen molar-refractivity contribution in [2.45, 2.75) is 6.61 Å². The average Bonchev–Trinajstić information content (AvgIpc) is 3.10. The molecule has 0 atom stereocenters. The highest BCUT2D eigenvalue weighted by molar-refractivity contribution is 6.12. The summed E-state index contributed by atoms with van der Waals surface area (Å²) < 4.78 is 38.5. The van der Waals surface area contributed by atoms with E-state index < -0.39 is 12.6 Å². The first-order valence-electron chi connectivity index (χ1n) is 6.23. The monoisotopic (exact) mass is 305 g/mol. The van der Waals surface area contributed by atoms with Crippen molar-refractivity contribution in [2.24, 2.45) is 4.99 Å². The van der Waals surface area contributed by atoms with Crippen molar-refractivity contribution in [1.29, 1.82) is 0 Å². The highest BCUT2D eigenvalue weighted by Crippen LogP contribution is 2.21. The highest BCUT2D eigenvalue weighted by Gasteiger charge is 2.24. The van der Waals surface area contributed by atoms with Crippen LogP contribution in [0, 0.1) is 0 Å². The largest absolute Gasteiger partial charge is 0.465 e. The Morgan fingerprint density at radius 3 is 2.59 bits per heavy atom. The van der Waals surface area contributed by atoms with Crippen molar-refractivity contribution >= 4 is 17.9 Å². The van der Waals surface area contributed by atoms with Gasteiger partial charge in [-0.25, -0.2) is 9.79 Å². The molecular formula is C15H9F2NO4. The number of ether oxygens (including phenoxy) is 2. The Morgan fingerprint density at radius 1 is 1.18 bits per heavy atom. The van der Waals surface area contributed by atoms with Crippen LogP contribution in [0.3, 0.4) is 0 Å². The summed E-state index contributed by atoms with van der Waals surface area (Å²) in [5.74, 6) is -0.0432. The first-order valence-corrected chi connectivity index (χ1v) is 6.23. The number of cyclic esters (lactones) is 1. The summed E-state index contributed by atoms with van der Waals surface area (Å²) in [4.78, 5) is 15.8. The van der Waals surface area contributed by atoms with Gasteiger partial charge < -0.3 is 13.9 Å². The number of carbonyl (C=O) groups excluding carboxylic acids is 1. The summed E-state index contributed by atoms with van der Waals surface area (Å²) in [6.45, 7) is -2.89. The first kappa shape index (κ1) is 14.0. The highest BCUT2D eigenvalue weighted by atomic mass is 19.3. The molecule has 22 heavy (non-hydrogen) atoms. The van der Waals surface area contributed by atoms with Crippen molar-refractivity contribution in [2.75, 3.05) is 0 Å². The molecule has 3 rings (SSSR count). The third kappa shape index (κ3) is 3.03. The zero-order chi connectivity index (χ0) is 15.5. The molecule has 0 saturated carbocycles. The fourth-order valence-electron chi connectivity index (χ4n) is 1.82. The van der Waals surface area contributed by atoms with E-state index in [1.807, 2.05) is 0 Å². The molecule has 0 saturated heterocycles. The number of hydrogen-bond acceptors (Lipinski definition) is 5. The van der Waals surface area contributed by atoms with Crippen LogP contribution in [0.4, 0.5) is 8.78 Å². The quantitative estimate of drug-likeness (QED) is 0.643. The minimum Gasteiger partial charge on any atom is -0.465 e. The average molecular weight is 305 g/mol. The van der Waals surface area contributed by atoms with Crippen molar-refractivity contribution < 1.29 is 27.5 Å². The Bertz CT molecular complexity index is 733. The van der Waals surface area contributed by atoms with Crippen molar-refractivity contribution in [1.82, 2.24) is 0 Å². The van der Waals surface area contributed by atoms with Crippen LogP contribution < -0.4 is 4.74 Å². The Morgan fingerprint density at radius 2 is 1.95 bits per heavy atom. The van der Waals surface area contributed by atoms with Gasteiger partial charge in [0.05, 0.1) is 6.26 Å². The molecule has 2 heterocycles. The second-order valence-corrected chi connectivity index (χ2v) is 4.25. The maximum atomic E-state index is 12.1. The van der Waals surface area contributed by atoms with Crippen LogP contribution in [-0.4, -0.2) is 18.5 Å². The van der Waals surface area contributed by atoms with E-state index in [9.17, 15) is 13.6 Å². The van der Waals surface area contributed by atoms with Crippen LogP contribution in [0.2, 0.25) is 0 Å². The van der Waals surface area contributed by atoms with Gasteiger partial charge in [0.2, 0.25) is 5.90 Å². The molecule has 0 radical (unpaired) electrons. The summed E-state index contributed by atoms with van der Waals surface area (Å²) in [5, 5.41) is 0. The zero-order valence-corrected chi connectivity index (χ0v) is 11.0. The molecule has 0 bridgehead atoms. The molecular weight excluding hydrogens is 296 g/mol. The van der Waals surface area contributed by atoms with Crippen LogP contribution in [0.25, 0.3) is 6.08 Å². The molecule has 0 spiro atoms. The number of carbonyl (C=O) groups is 1. The topological polar surface area (TPSA) is 61.0 Å². The lowest BCUT2D eigenvalue weighted by Crippen LogP contribution is -2.06. The van der Waals surface area contributed by atoms with E-state index in [2.05, 4.69) is 9.73 Å². The van der Waals surface area contributed by atoms with Gasteiger partial charge in [-0.3, -0.25) is 0 Å². The number of hydrogen-bond donors (Lipinski definition) is 0. The Balaban J connectivity index is 1.82. The molecule has 1 aliphatic rings. The van der Waals surface area contributed by atoms with E-state index in [0.717, 1.165) is 0 Å². The van der Waals surface area contributed by atoms with Gasteiger partial charge in [0.15, 0.2) is 5.70 Å². The van der Waals surface area contributed by atoms with Crippen LogP contribution in [0.5, 0.6) is 5.75 Å². The number of alkyl halides is 2. The molecule has 1 aliphatic heterocycles. The Kier molecular flexibility index (Phi) is 3.69. The first-order chi connectivity index (χ1) is 10.6. The molecule has 0 N–H and O–H groups in total. The Labute approximate surface area is 123 Å². The van der Waals surface area contributed by atoms with Gasteiger partial charge >= 0.3 is 12.6 Å². The van der Waals surface area contributed by atoms with Crippen LogP contribution >= 0.6 is 0 Å². The zero-order valence-electron chi connectivity index (χ0n) is 11.0. The molecule has 0 unspecified atom stereocenters. The maximum absolute atomic E-state index is 12.1. The standard InChI is InChI=1S/C15H9F2NO4/c16-15(17)21-10-5-3-9(4-6-10)13-18-12(14(19)22-13)8-11-2-1-7-20-11/h1-8,15H/b12-8-. The second kappa shape index (κ2) is 5.80. The number of esters is 1. The smallest absolute Gasteiger partial charge is 0.387 e. The van der Waals surface area contributed by atoms with Gasteiger partial charge in [-0.1, -0.05) is 0 Å². The molecule has 1 aromatic heterocycles. The molecule has 7 heteroatoms. The molecule has 0 aliphatic carbocycles. The molecule has 2 aromatic rings. The van der Waals surface area contributed by atoms with E-state index in [1.54, 1.807) is 12.1 Å². The fraction of sp³-hybridized carbons (Fsp3) is 0.0667. The molecule has 112 valence electrons. The van der Waals surface area contributed by atoms with E-state index in [1.165, 1.54) is 36.6 Å². The fourth-order valence-corrected chi connectivity index (χ4v) is 1.82. The predicted molar refractivity (Wildman–Crippen MR) is 72.4 cm³/mol. The van der Waals surface area contributed by atoms with Crippen LogP contribution in [0.1, 0.15) is 11.3 Å². The minimum absolute atomic E-state index is 0.00928.